The Balaban J connectivity index is 2.85. The number of nitrogens with zero attached hydrogens (tertiary/aromatic N) is 2. The van der Waals surface area contributed by atoms with E-state index in [1.54, 1.807) is 6.92 Å². The molecule has 0 aliphatic heterocycles. The Morgan fingerprint density at radius 3 is 2.69 bits per heavy atom. The third-order valence-electron chi connectivity index (χ3n) is 2.79. The topological polar surface area (TPSA) is 34.9 Å². The van der Waals surface area contributed by atoms with Crippen LogP contribution < -0.4 is 5.56 Å². The van der Waals surface area contributed by atoms with E-state index < -0.39 is 6.67 Å². The van der Waals surface area contributed by atoms with Crippen LogP contribution in [0, 0.1) is 20.8 Å². The third-order valence-corrected chi connectivity index (χ3v) is 3.89. The van der Waals surface area contributed by atoms with Crippen LogP contribution in [-0.4, -0.2) is 16.2 Å². The number of fused-ring (bicyclic) bond motifs is 1. The second-order valence-electron chi connectivity index (χ2n) is 3.77. The van der Waals surface area contributed by atoms with E-state index in [0.29, 0.717) is 11.2 Å². The van der Waals surface area contributed by atoms with Gasteiger partial charge in [0, 0.05) is 4.88 Å². The Morgan fingerprint density at radius 2 is 2.06 bits per heavy atom. The monoisotopic (exact) mass is 240 g/mol. The molecule has 0 radical (unpaired) electrons. The largest absolute Gasteiger partial charge is 0.294 e. The third kappa shape index (κ3) is 1.55. The molecule has 2 aromatic rings. The molecule has 0 unspecified atom stereocenters. The van der Waals surface area contributed by atoms with Crippen molar-refractivity contribution in [1.82, 2.24) is 9.55 Å². The molecule has 0 fully saturated rings. The van der Waals surface area contributed by atoms with Crippen LogP contribution in [0.15, 0.2) is 4.79 Å². The summed E-state index contributed by atoms with van der Waals surface area (Å²) in [6.45, 7) is 5.15. The van der Waals surface area contributed by atoms with Gasteiger partial charge in [-0.15, -0.1) is 11.3 Å². The van der Waals surface area contributed by atoms with Gasteiger partial charge >= 0.3 is 0 Å². The molecule has 0 N–H and O–H groups in total. The highest BCUT2D eigenvalue weighted by Gasteiger charge is 2.13. The summed E-state index contributed by atoms with van der Waals surface area (Å²) in [5.41, 5.74) is 0.840. The first-order valence-electron chi connectivity index (χ1n) is 5.09. The molecular formula is C11H13FN2OS. The molecule has 0 aliphatic carbocycles. The number of halogens is 1. The van der Waals surface area contributed by atoms with Gasteiger partial charge in [0.1, 0.15) is 17.3 Å². The van der Waals surface area contributed by atoms with Gasteiger partial charge in [0.15, 0.2) is 0 Å². The molecule has 16 heavy (non-hydrogen) atoms. The molecule has 0 bridgehead atoms. The number of hydrogen-bond donors (Lipinski definition) is 0. The molecule has 0 aromatic carbocycles. The zero-order chi connectivity index (χ0) is 11.9. The SMILES string of the molecule is Cc1sc2nc(C)n(CCF)c(=O)c2c1C. The highest BCUT2D eigenvalue weighted by atomic mass is 32.1. The molecule has 86 valence electrons. The van der Waals surface area contributed by atoms with Gasteiger partial charge in [-0.3, -0.25) is 9.36 Å². The first-order chi connectivity index (χ1) is 7.56. The van der Waals surface area contributed by atoms with E-state index in [9.17, 15) is 9.18 Å². The number of thiophene rings is 1. The van der Waals surface area contributed by atoms with E-state index in [-0.39, 0.29) is 12.1 Å². The second kappa shape index (κ2) is 3.97. The van der Waals surface area contributed by atoms with Gasteiger partial charge in [-0.05, 0) is 26.3 Å². The maximum absolute atomic E-state index is 12.4. The van der Waals surface area contributed by atoms with Crippen molar-refractivity contribution in [3.63, 3.8) is 0 Å². The predicted molar refractivity (Wildman–Crippen MR) is 64.1 cm³/mol. The number of alkyl halides is 1. The number of aromatic nitrogens is 2. The zero-order valence-electron chi connectivity index (χ0n) is 9.50. The molecular weight excluding hydrogens is 227 g/mol. The van der Waals surface area contributed by atoms with E-state index in [2.05, 4.69) is 4.98 Å². The highest BCUT2D eigenvalue weighted by molar-refractivity contribution is 7.18. The van der Waals surface area contributed by atoms with Crippen LogP contribution in [0.1, 0.15) is 16.3 Å². The van der Waals surface area contributed by atoms with Gasteiger partial charge < -0.3 is 0 Å². The number of rotatable bonds is 2. The summed E-state index contributed by atoms with van der Waals surface area (Å²) in [6, 6.07) is 0. The summed E-state index contributed by atoms with van der Waals surface area (Å²) in [4.78, 5) is 18.3. The van der Waals surface area contributed by atoms with Crippen LogP contribution >= 0.6 is 11.3 Å². The Hall–Kier alpha value is -1.23. The lowest BCUT2D eigenvalue weighted by molar-refractivity contribution is 0.435. The highest BCUT2D eigenvalue weighted by Crippen LogP contribution is 2.25. The molecule has 2 aromatic heterocycles. The van der Waals surface area contributed by atoms with Crippen LogP contribution in [0.3, 0.4) is 0 Å². The minimum atomic E-state index is -0.546. The lowest BCUT2D eigenvalue weighted by Gasteiger charge is -2.06. The average Bonchev–Trinajstić information content (AvgIpc) is 2.49. The lowest BCUT2D eigenvalue weighted by atomic mass is 10.2. The van der Waals surface area contributed by atoms with Crippen molar-refractivity contribution in [3.05, 3.63) is 26.6 Å². The van der Waals surface area contributed by atoms with E-state index >= 15 is 0 Å². The fourth-order valence-corrected chi connectivity index (χ4v) is 2.84. The normalized spacial score (nSPS) is 11.2. The van der Waals surface area contributed by atoms with Crippen LogP contribution in [-0.2, 0) is 6.54 Å². The summed E-state index contributed by atoms with van der Waals surface area (Å²) in [5.74, 6) is 0.580. The van der Waals surface area contributed by atoms with Gasteiger partial charge in [0.2, 0.25) is 0 Å². The standard InChI is InChI=1S/C11H13FN2OS/c1-6-7(2)16-10-9(6)11(15)14(5-4-12)8(3)13-10/h4-5H2,1-3H3. The van der Waals surface area contributed by atoms with Crippen molar-refractivity contribution in [2.75, 3.05) is 6.67 Å². The minimum absolute atomic E-state index is 0.0853. The van der Waals surface area contributed by atoms with Crippen LogP contribution in [0.4, 0.5) is 4.39 Å². The Bertz CT molecular complexity index is 600. The maximum Gasteiger partial charge on any atom is 0.262 e. The summed E-state index contributed by atoms with van der Waals surface area (Å²) in [6.07, 6.45) is 0. The minimum Gasteiger partial charge on any atom is -0.294 e. The van der Waals surface area contributed by atoms with Crippen molar-refractivity contribution < 1.29 is 4.39 Å². The quantitative estimate of drug-likeness (QED) is 0.807. The Morgan fingerprint density at radius 1 is 1.38 bits per heavy atom. The Labute approximate surface area is 96.6 Å². The Kier molecular flexibility index (Phi) is 2.80. The smallest absolute Gasteiger partial charge is 0.262 e. The molecule has 0 spiro atoms. The van der Waals surface area contributed by atoms with E-state index in [1.165, 1.54) is 15.9 Å². The van der Waals surface area contributed by atoms with Crippen molar-refractivity contribution >= 4 is 21.6 Å². The van der Waals surface area contributed by atoms with Crippen LogP contribution in [0.5, 0.6) is 0 Å². The van der Waals surface area contributed by atoms with Gasteiger partial charge in [-0.2, -0.15) is 0 Å². The maximum atomic E-state index is 12.4. The van der Waals surface area contributed by atoms with Crippen molar-refractivity contribution in [3.8, 4) is 0 Å². The summed E-state index contributed by atoms with van der Waals surface area (Å²) in [5, 5.41) is 0.640. The number of aryl methyl sites for hydroxylation is 3. The van der Waals surface area contributed by atoms with Crippen LogP contribution in [0.2, 0.25) is 0 Å². The first kappa shape index (κ1) is 11.3. The van der Waals surface area contributed by atoms with Crippen molar-refractivity contribution in [2.45, 2.75) is 27.3 Å². The van der Waals surface area contributed by atoms with Crippen molar-refractivity contribution in [2.24, 2.45) is 0 Å². The predicted octanol–water partition coefficient (Wildman–Crippen LogP) is 2.35. The fraction of sp³-hybridized carbons (Fsp3) is 0.455. The summed E-state index contributed by atoms with van der Waals surface area (Å²) in [7, 11) is 0. The first-order valence-corrected chi connectivity index (χ1v) is 5.91. The molecule has 2 rings (SSSR count). The molecule has 0 aliphatic rings. The summed E-state index contributed by atoms with van der Waals surface area (Å²) < 4.78 is 13.8. The van der Waals surface area contributed by atoms with Gasteiger partial charge in [-0.25, -0.2) is 9.37 Å². The molecule has 5 heteroatoms. The lowest BCUT2D eigenvalue weighted by Crippen LogP contribution is -2.24. The van der Waals surface area contributed by atoms with Gasteiger partial charge in [0.05, 0.1) is 11.9 Å². The summed E-state index contributed by atoms with van der Waals surface area (Å²) >= 11 is 1.52. The van der Waals surface area contributed by atoms with Gasteiger partial charge in [-0.1, -0.05) is 0 Å². The zero-order valence-corrected chi connectivity index (χ0v) is 10.3. The van der Waals surface area contributed by atoms with Gasteiger partial charge in [0.25, 0.3) is 5.56 Å². The van der Waals surface area contributed by atoms with Crippen molar-refractivity contribution in [1.29, 1.82) is 0 Å². The molecule has 0 saturated carbocycles. The van der Waals surface area contributed by atoms with E-state index in [4.69, 9.17) is 0 Å². The van der Waals surface area contributed by atoms with E-state index in [0.717, 1.165) is 15.3 Å². The molecule has 3 nitrogen and oxygen atoms in total. The molecule has 0 saturated heterocycles. The second-order valence-corrected chi connectivity index (χ2v) is 4.97. The molecule has 0 atom stereocenters. The molecule has 2 heterocycles. The van der Waals surface area contributed by atoms with Crippen LogP contribution in [0.25, 0.3) is 10.2 Å². The fourth-order valence-electron chi connectivity index (χ4n) is 1.78. The van der Waals surface area contributed by atoms with E-state index in [1.807, 2.05) is 13.8 Å². The molecule has 0 amide bonds. The average molecular weight is 240 g/mol. The number of hydrogen-bond acceptors (Lipinski definition) is 3.